The Morgan fingerprint density at radius 2 is 1.90 bits per heavy atom. The van der Waals surface area contributed by atoms with Gasteiger partial charge in [-0.05, 0) is 5.56 Å². The van der Waals surface area contributed by atoms with Gasteiger partial charge in [-0.1, -0.05) is 44.2 Å². The molecule has 0 aliphatic rings. The summed E-state index contributed by atoms with van der Waals surface area (Å²) in [6.07, 6.45) is -1.00. The van der Waals surface area contributed by atoms with Crippen LogP contribution in [0.1, 0.15) is 42.1 Å². The van der Waals surface area contributed by atoms with Gasteiger partial charge in [0.05, 0.1) is 28.3 Å². The first kappa shape index (κ1) is 16.1. The Balaban J connectivity index is 2.04. The van der Waals surface area contributed by atoms with Crippen LogP contribution < -0.4 is 0 Å². The number of aliphatic hydroxyl groups is 1. The molecule has 0 amide bonds. The number of aliphatic hydroxyl groups excluding tert-OH is 1. The summed E-state index contributed by atoms with van der Waals surface area (Å²) in [7, 11) is -3.40. The van der Waals surface area contributed by atoms with Crippen LogP contribution in [0.15, 0.2) is 35.7 Å². The Kier molecular flexibility index (Phi) is 5.13. The number of rotatable bonds is 6. The smallest absolute Gasteiger partial charge is 0.158 e. The van der Waals surface area contributed by atoms with Gasteiger partial charge >= 0.3 is 0 Å². The molecule has 0 bridgehead atoms. The van der Waals surface area contributed by atoms with Crippen LogP contribution >= 0.6 is 11.3 Å². The van der Waals surface area contributed by atoms with E-state index in [1.807, 2.05) is 19.9 Å². The largest absolute Gasteiger partial charge is 0.387 e. The first-order valence-corrected chi connectivity index (χ1v) is 9.45. The Morgan fingerprint density at radius 3 is 2.48 bits per heavy atom. The molecule has 114 valence electrons. The van der Waals surface area contributed by atoms with E-state index in [9.17, 15) is 13.5 Å². The molecule has 2 aromatic rings. The normalized spacial score (nSPS) is 13.5. The molecule has 1 aromatic carbocycles. The molecule has 1 unspecified atom stereocenters. The van der Waals surface area contributed by atoms with Gasteiger partial charge in [0.1, 0.15) is 0 Å². The van der Waals surface area contributed by atoms with Crippen LogP contribution in [0, 0.1) is 0 Å². The van der Waals surface area contributed by atoms with E-state index in [2.05, 4.69) is 4.98 Å². The van der Waals surface area contributed by atoms with Gasteiger partial charge in [-0.2, -0.15) is 0 Å². The number of sulfone groups is 1. The molecule has 0 fully saturated rings. The highest BCUT2D eigenvalue weighted by molar-refractivity contribution is 7.90. The van der Waals surface area contributed by atoms with E-state index in [1.54, 1.807) is 29.6 Å². The molecule has 0 saturated carbocycles. The number of benzene rings is 1. The van der Waals surface area contributed by atoms with Crippen LogP contribution in [0.3, 0.4) is 0 Å². The molecule has 2 rings (SSSR count). The molecule has 0 radical (unpaired) electrons. The van der Waals surface area contributed by atoms with Gasteiger partial charge in [-0.3, -0.25) is 0 Å². The maximum absolute atomic E-state index is 12.2. The SMILES string of the molecule is CC(C)c1nc(CS(=O)(=O)CC(O)c2ccccc2)cs1. The number of hydrogen-bond donors (Lipinski definition) is 1. The quantitative estimate of drug-likeness (QED) is 0.887. The summed E-state index contributed by atoms with van der Waals surface area (Å²) in [5.74, 6) is -0.118. The molecule has 1 aromatic heterocycles. The lowest BCUT2D eigenvalue weighted by Crippen LogP contribution is -2.16. The molecule has 0 spiro atoms. The topological polar surface area (TPSA) is 67.3 Å². The first-order valence-electron chi connectivity index (χ1n) is 6.75. The van der Waals surface area contributed by atoms with Crippen molar-refractivity contribution in [3.63, 3.8) is 0 Å². The number of aromatic nitrogens is 1. The Hall–Kier alpha value is -1.24. The van der Waals surface area contributed by atoms with E-state index in [4.69, 9.17) is 0 Å². The van der Waals surface area contributed by atoms with Crippen LogP contribution in [0.25, 0.3) is 0 Å². The first-order chi connectivity index (χ1) is 9.87. The van der Waals surface area contributed by atoms with Crippen molar-refractivity contribution in [2.24, 2.45) is 0 Å². The highest BCUT2D eigenvalue weighted by Gasteiger charge is 2.20. The molecule has 0 aliphatic heterocycles. The lowest BCUT2D eigenvalue weighted by atomic mass is 10.1. The van der Waals surface area contributed by atoms with Crippen molar-refractivity contribution >= 4 is 21.2 Å². The van der Waals surface area contributed by atoms with E-state index in [0.29, 0.717) is 17.2 Å². The van der Waals surface area contributed by atoms with E-state index in [1.165, 1.54) is 11.3 Å². The van der Waals surface area contributed by atoms with Crippen LogP contribution in [0.2, 0.25) is 0 Å². The zero-order valence-corrected chi connectivity index (χ0v) is 13.7. The molecule has 4 nitrogen and oxygen atoms in total. The number of nitrogens with zero attached hydrogens (tertiary/aromatic N) is 1. The third-order valence-electron chi connectivity index (χ3n) is 3.03. The second-order valence-corrected chi connectivity index (χ2v) is 8.31. The fourth-order valence-corrected chi connectivity index (χ4v) is 4.28. The highest BCUT2D eigenvalue weighted by Crippen LogP contribution is 2.22. The zero-order valence-electron chi connectivity index (χ0n) is 12.1. The van der Waals surface area contributed by atoms with Crippen LogP contribution in [-0.4, -0.2) is 24.3 Å². The van der Waals surface area contributed by atoms with Crippen molar-refractivity contribution in [3.8, 4) is 0 Å². The van der Waals surface area contributed by atoms with Crippen molar-refractivity contribution in [3.05, 3.63) is 52.0 Å². The van der Waals surface area contributed by atoms with E-state index in [0.717, 1.165) is 5.01 Å². The van der Waals surface area contributed by atoms with Crippen molar-refractivity contribution in [2.45, 2.75) is 31.6 Å². The maximum atomic E-state index is 12.2. The fraction of sp³-hybridized carbons (Fsp3) is 0.400. The van der Waals surface area contributed by atoms with Crippen LogP contribution in [0.5, 0.6) is 0 Å². The summed E-state index contributed by atoms with van der Waals surface area (Å²) >= 11 is 1.48. The van der Waals surface area contributed by atoms with Gasteiger partial charge in [-0.25, -0.2) is 13.4 Å². The summed E-state index contributed by atoms with van der Waals surface area (Å²) in [5, 5.41) is 12.7. The van der Waals surface area contributed by atoms with Crippen molar-refractivity contribution in [1.82, 2.24) is 4.98 Å². The van der Waals surface area contributed by atoms with Crippen molar-refractivity contribution in [2.75, 3.05) is 5.75 Å². The van der Waals surface area contributed by atoms with Gasteiger partial charge in [0, 0.05) is 11.3 Å². The predicted octanol–water partition coefficient (Wildman–Crippen LogP) is 2.91. The third kappa shape index (κ3) is 4.62. The summed E-state index contributed by atoms with van der Waals surface area (Å²) in [4.78, 5) is 4.33. The number of thiazole rings is 1. The monoisotopic (exact) mass is 325 g/mol. The molecular weight excluding hydrogens is 306 g/mol. The predicted molar refractivity (Wildman–Crippen MR) is 85.1 cm³/mol. The Labute approximate surface area is 129 Å². The summed E-state index contributed by atoms with van der Waals surface area (Å²) in [5.41, 5.74) is 1.17. The minimum atomic E-state index is -3.40. The molecule has 1 heterocycles. The zero-order chi connectivity index (χ0) is 15.5. The van der Waals surface area contributed by atoms with Crippen LogP contribution in [0.4, 0.5) is 0 Å². The second kappa shape index (κ2) is 6.68. The molecule has 6 heteroatoms. The lowest BCUT2D eigenvalue weighted by Gasteiger charge is -2.10. The molecule has 1 N–H and O–H groups in total. The van der Waals surface area contributed by atoms with E-state index < -0.39 is 15.9 Å². The van der Waals surface area contributed by atoms with Gasteiger partial charge < -0.3 is 5.11 Å². The molecular formula is C15H19NO3S2. The second-order valence-electron chi connectivity index (χ2n) is 5.31. The molecule has 21 heavy (non-hydrogen) atoms. The third-order valence-corrected chi connectivity index (χ3v) is 5.78. The fourth-order valence-electron chi connectivity index (χ4n) is 1.95. The summed E-state index contributed by atoms with van der Waals surface area (Å²) in [6.45, 7) is 4.05. The van der Waals surface area contributed by atoms with Gasteiger partial charge in [0.2, 0.25) is 0 Å². The molecule has 0 aliphatic carbocycles. The van der Waals surface area contributed by atoms with Gasteiger partial charge in [0.15, 0.2) is 9.84 Å². The van der Waals surface area contributed by atoms with E-state index >= 15 is 0 Å². The standard InChI is InChI=1S/C15H19NO3S2/c1-11(2)15-16-13(8-20-15)9-21(18,19)10-14(17)12-6-4-3-5-7-12/h3-8,11,14,17H,9-10H2,1-2H3. The highest BCUT2D eigenvalue weighted by atomic mass is 32.2. The van der Waals surface area contributed by atoms with Crippen molar-refractivity contribution in [1.29, 1.82) is 0 Å². The maximum Gasteiger partial charge on any atom is 0.158 e. The average molecular weight is 325 g/mol. The molecule has 1 atom stereocenters. The summed E-state index contributed by atoms with van der Waals surface area (Å²) in [6, 6.07) is 8.83. The van der Waals surface area contributed by atoms with Gasteiger partial charge in [-0.15, -0.1) is 11.3 Å². The Morgan fingerprint density at radius 1 is 1.24 bits per heavy atom. The minimum Gasteiger partial charge on any atom is -0.387 e. The molecule has 0 saturated heterocycles. The number of hydrogen-bond acceptors (Lipinski definition) is 5. The van der Waals surface area contributed by atoms with E-state index in [-0.39, 0.29) is 11.5 Å². The summed E-state index contributed by atoms with van der Waals surface area (Å²) < 4.78 is 24.3. The van der Waals surface area contributed by atoms with Crippen molar-refractivity contribution < 1.29 is 13.5 Å². The van der Waals surface area contributed by atoms with Crippen LogP contribution in [-0.2, 0) is 15.6 Å². The average Bonchev–Trinajstić information content (AvgIpc) is 2.87. The van der Waals surface area contributed by atoms with Gasteiger partial charge in [0.25, 0.3) is 0 Å². The minimum absolute atomic E-state index is 0.125. The lowest BCUT2D eigenvalue weighted by molar-refractivity contribution is 0.201. The Bertz CT molecular complexity index is 678.